The summed E-state index contributed by atoms with van der Waals surface area (Å²) >= 11 is 0. The molecule has 52 heavy (non-hydrogen) atoms. The highest BCUT2D eigenvalue weighted by Crippen LogP contribution is 2.34. The molecular weight excluding hydrogens is 666 g/mol. The van der Waals surface area contributed by atoms with Crippen molar-refractivity contribution in [2.45, 2.75) is 60.5 Å². The van der Waals surface area contributed by atoms with E-state index in [-0.39, 0.29) is 48.0 Å². The normalized spacial score (nSPS) is 13.1. The lowest BCUT2D eigenvalue weighted by Crippen LogP contribution is -2.46. The predicted octanol–water partition coefficient (Wildman–Crippen LogP) is 6.53. The van der Waals surface area contributed by atoms with E-state index in [1.807, 2.05) is 53.7 Å². The van der Waals surface area contributed by atoms with Crippen molar-refractivity contribution in [3.63, 3.8) is 0 Å². The highest BCUT2D eigenvalue weighted by Gasteiger charge is 2.32. The molecule has 3 N–H and O–H groups in total. The van der Waals surface area contributed by atoms with Crippen molar-refractivity contribution in [1.82, 2.24) is 20.3 Å². The number of urea groups is 1. The number of rotatable bonds is 13. The number of aromatic nitrogens is 3. The van der Waals surface area contributed by atoms with Crippen molar-refractivity contribution in [2.24, 2.45) is 11.8 Å². The maximum Gasteiger partial charge on any atom is 0.330 e. The van der Waals surface area contributed by atoms with Crippen LogP contribution in [-0.4, -0.2) is 57.4 Å². The number of hydrogen-bond donors (Lipinski definition) is 3. The summed E-state index contributed by atoms with van der Waals surface area (Å²) in [5.41, 5.74) is 4.00. The van der Waals surface area contributed by atoms with E-state index >= 15 is 0 Å². The van der Waals surface area contributed by atoms with E-state index in [0.717, 1.165) is 16.8 Å². The van der Waals surface area contributed by atoms with E-state index in [2.05, 4.69) is 30.9 Å². The Hall–Kier alpha value is -6.12. The second-order valence-corrected chi connectivity index (χ2v) is 13.6. The Balaban J connectivity index is 1.33. The number of fused-ring (bicyclic) bond motifs is 1. The number of carbonyl (C=O) groups excluding carboxylic acids is 3. The van der Waals surface area contributed by atoms with Gasteiger partial charge >= 0.3 is 11.7 Å². The number of aryl methyl sites for hydroxylation is 2. The van der Waals surface area contributed by atoms with Gasteiger partial charge in [0.1, 0.15) is 11.9 Å². The summed E-state index contributed by atoms with van der Waals surface area (Å²) < 4.78 is 5.64. The fraction of sp³-hybridized carbons (Fsp3) is 0.351. The van der Waals surface area contributed by atoms with Gasteiger partial charge in [-0.2, -0.15) is 4.98 Å². The summed E-state index contributed by atoms with van der Waals surface area (Å²) in [5, 5.41) is 20.4. The van der Waals surface area contributed by atoms with Gasteiger partial charge < -0.3 is 20.7 Å². The number of pyridine rings is 1. The molecule has 15 nitrogen and oxygen atoms in total. The minimum atomic E-state index is -0.933. The van der Waals surface area contributed by atoms with Gasteiger partial charge in [0.2, 0.25) is 11.9 Å². The van der Waals surface area contributed by atoms with Gasteiger partial charge in [-0.05, 0) is 68.0 Å². The molecule has 2 aromatic heterocycles. The molecule has 3 heterocycles. The molecule has 5 rings (SSSR count). The summed E-state index contributed by atoms with van der Waals surface area (Å²) in [5.74, 6) is -0.108. The maximum atomic E-state index is 13.7. The number of nitrogens with zero attached hydrogens (tertiary/aromatic N) is 6. The zero-order chi connectivity index (χ0) is 37.7. The van der Waals surface area contributed by atoms with Crippen LogP contribution in [0.5, 0.6) is 5.75 Å². The number of benzene rings is 2. The topological polar surface area (TPSA) is 185 Å². The summed E-state index contributed by atoms with van der Waals surface area (Å²) in [4.78, 5) is 68.1. The Morgan fingerprint density at radius 3 is 2.40 bits per heavy atom. The second-order valence-electron chi connectivity index (χ2n) is 13.6. The molecule has 0 unspecified atom stereocenters. The van der Waals surface area contributed by atoms with Gasteiger partial charge in [-0.1, -0.05) is 33.8 Å². The average molecular weight is 710 g/mol. The number of hydrogen-bond acceptors (Lipinski definition) is 10. The molecule has 0 fully saturated rings. The zero-order valence-electron chi connectivity index (χ0n) is 30.3. The van der Waals surface area contributed by atoms with Gasteiger partial charge in [0.25, 0.3) is 5.91 Å². The van der Waals surface area contributed by atoms with E-state index in [0.29, 0.717) is 35.2 Å². The molecule has 1 aliphatic rings. The Kier molecular flexibility index (Phi) is 11.3. The van der Waals surface area contributed by atoms with E-state index in [1.165, 1.54) is 23.1 Å². The number of carbonyl (C=O) groups is 3. The molecule has 1 aliphatic heterocycles. The van der Waals surface area contributed by atoms with Crippen LogP contribution in [0.4, 0.5) is 39.3 Å². The molecule has 0 radical (unpaired) electrons. The van der Waals surface area contributed by atoms with Gasteiger partial charge in [-0.15, -0.1) is 0 Å². The molecule has 0 bridgehead atoms. The Morgan fingerprint density at radius 1 is 0.981 bits per heavy atom. The molecule has 0 saturated carbocycles. The number of amides is 4. The smallest absolute Gasteiger partial charge is 0.330 e. The first-order chi connectivity index (χ1) is 24.7. The molecule has 4 aromatic rings. The van der Waals surface area contributed by atoms with E-state index in [9.17, 15) is 24.5 Å². The minimum absolute atomic E-state index is 0.0209. The molecule has 272 valence electrons. The Labute approximate surface area is 302 Å². The number of ether oxygens (including phenoxy) is 1. The Morgan fingerprint density at radius 2 is 1.73 bits per heavy atom. The Bertz CT molecular complexity index is 1980. The van der Waals surface area contributed by atoms with Crippen LogP contribution < -0.4 is 30.5 Å². The number of nitro groups is 1. The molecular formula is C37H43N9O6. The first-order valence-corrected chi connectivity index (χ1v) is 16.9. The summed E-state index contributed by atoms with van der Waals surface area (Å²) in [6, 6.07) is 11.6. The monoisotopic (exact) mass is 709 g/mol. The first kappa shape index (κ1) is 37.1. The summed E-state index contributed by atoms with van der Waals surface area (Å²) in [7, 11) is 1.64. The van der Waals surface area contributed by atoms with Crippen molar-refractivity contribution in [1.29, 1.82) is 0 Å². The lowest BCUT2D eigenvalue weighted by Gasteiger charge is -2.35. The first-order valence-electron chi connectivity index (χ1n) is 16.9. The van der Waals surface area contributed by atoms with Crippen LogP contribution in [0.3, 0.4) is 0 Å². The molecule has 4 amide bonds. The SMILES string of the molecule is Cc1ccc(Nc2ncc3c(n2)N(C)C(=O)N(c2cc(NC(=O)[C@@H](CC(C)C)NC(=O)c4ccc([N+](=O)[O-])c(OCC(C)C)c4)ccc2C)C3)cn1. The van der Waals surface area contributed by atoms with Gasteiger partial charge in [-0.3, -0.25) is 34.5 Å². The van der Waals surface area contributed by atoms with Gasteiger partial charge in [0, 0.05) is 47.9 Å². The number of nitrogens with one attached hydrogen (secondary N) is 3. The van der Waals surface area contributed by atoms with Crippen LogP contribution in [0.1, 0.15) is 61.3 Å². The second kappa shape index (κ2) is 15.8. The highest BCUT2D eigenvalue weighted by molar-refractivity contribution is 6.06. The molecule has 0 spiro atoms. The van der Waals surface area contributed by atoms with E-state index in [4.69, 9.17) is 4.74 Å². The van der Waals surface area contributed by atoms with E-state index < -0.39 is 22.8 Å². The zero-order valence-corrected chi connectivity index (χ0v) is 30.3. The quantitative estimate of drug-likeness (QED) is 0.102. The summed E-state index contributed by atoms with van der Waals surface area (Å²) in [6.45, 7) is 11.9. The highest BCUT2D eigenvalue weighted by atomic mass is 16.6. The lowest BCUT2D eigenvalue weighted by molar-refractivity contribution is -0.385. The van der Waals surface area contributed by atoms with Crippen molar-refractivity contribution in [2.75, 3.05) is 34.1 Å². The van der Waals surface area contributed by atoms with Crippen LogP contribution >= 0.6 is 0 Å². The fourth-order valence-electron chi connectivity index (χ4n) is 5.56. The molecule has 1 atom stereocenters. The van der Waals surface area contributed by atoms with E-state index in [1.54, 1.807) is 42.5 Å². The number of nitro benzene ring substituents is 1. The van der Waals surface area contributed by atoms with Gasteiger partial charge in [-0.25, -0.2) is 9.78 Å². The van der Waals surface area contributed by atoms with Crippen LogP contribution in [-0.2, 0) is 11.3 Å². The molecule has 0 saturated heterocycles. The number of anilines is 5. The molecule has 0 aliphatic carbocycles. The van der Waals surface area contributed by atoms with Crippen molar-refractivity contribution in [3.05, 3.63) is 93.4 Å². The van der Waals surface area contributed by atoms with Crippen molar-refractivity contribution in [3.8, 4) is 5.75 Å². The molecule has 15 heteroatoms. The lowest BCUT2D eigenvalue weighted by atomic mass is 10.0. The average Bonchev–Trinajstić information content (AvgIpc) is 3.10. The van der Waals surface area contributed by atoms with Crippen molar-refractivity contribution >= 4 is 52.4 Å². The third-order valence-electron chi connectivity index (χ3n) is 8.26. The van der Waals surface area contributed by atoms with Crippen molar-refractivity contribution < 1.29 is 24.0 Å². The summed E-state index contributed by atoms with van der Waals surface area (Å²) in [6.07, 6.45) is 3.68. The van der Waals surface area contributed by atoms with Crippen LogP contribution in [0, 0.1) is 35.8 Å². The standard InChI is InChI=1S/C37H43N9O6/c1-21(2)14-29(42-34(47)25-10-13-30(46(50)51)32(15-25)52-20-22(3)4)35(48)40-27-11-8-23(5)31(16-27)45-19-26-17-39-36(43-33(26)44(7)37(45)49)41-28-12-9-24(6)38-18-28/h8-13,15-18,21-22,29H,14,19-20H2,1-7H3,(H,40,48)(H,42,47)(H,39,41,43)/t29-/m1/s1. The van der Waals surface area contributed by atoms with Crippen LogP contribution in [0.25, 0.3) is 0 Å². The van der Waals surface area contributed by atoms with Crippen LogP contribution in [0.15, 0.2) is 60.9 Å². The van der Waals surface area contributed by atoms with Gasteiger partial charge in [0.15, 0.2) is 5.75 Å². The van der Waals surface area contributed by atoms with Crippen LogP contribution in [0.2, 0.25) is 0 Å². The minimum Gasteiger partial charge on any atom is -0.487 e. The fourth-order valence-corrected chi connectivity index (χ4v) is 5.56. The molecule has 2 aromatic carbocycles. The maximum absolute atomic E-state index is 13.7. The predicted molar refractivity (Wildman–Crippen MR) is 198 cm³/mol. The third-order valence-corrected chi connectivity index (χ3v) is 8.26. The third kappa shape index (κ3) is 8.78. The van der Waals surface area contributed by atoms with Gasteiger partial charge in [0.05, 0.1) is 35.6 Å². The largest absolute Gasteiger partial charge is 0.487 e.